The summed E-state index contributed by atoms with van der Waals surface area (Å²) >= 11 is 12.8. The summed E-state index contributed by atoms with van der Waals surface area (Å²) in [5.74, 6) is -0.300. The number of aromatic nitrogens is 4. The van der Waals surface area contributed by atoms with E-state index in [0.717, 1.165) is 0 Å². The van der Waals surface area contributed by atoms with Crippen molar-refractivity contribution in [3.63, 3.8) is 0 Å². The van der Waals surface area contributed by atoms with E-state index in [4.69, 9.17) is 27.9 Å². The number of rotatable bonds is 6. The van der Waals surface area contributed by atoms with E-state index < -0.39 is 12.2 Å². The quantitative estimate of drug-likeness (QED) is 0.549. The zero-order chi connectivity index (χ0) is 23.5. The minimum absolute atomic E-state index is 0.102. The number of anilines is 1. The topological polar surface area (TPSA) is 113 Å². The number of nitrogens with zero attached hydrogens (tertiary/aromatic N) is 4. The molecule has 4 rings (SSSR count). The van der Waals surface area contributed by atoms with E-state index >= 15 is 0 Å². The van der Waals surface area contributed by atoms with Gasteiger partial charge >= 0.3 is 0 Å². The van der Waals surface area contributed by atoms with E-state index in [2.05, 4.69) is 25.9 Å². The van der Waals surface area contributed by atoms with Gasteiger partial charge in [0, 0.05) is 27.2 Å². The summed E-state index contributed by atoms with van der Waals surface area (Å²) in [5.41, 5.74) is 2.05. The van der Waals surface area contributed by atoms with Crippen molar-refractivity contribution in [1.29, 1.82) is 0 Å². The first-order chi connectivity index (χ1) is 15.8. The fourth-order valence-electron chi connectivity index (χ4n) is 3.80. The van der Waals surface area contributed by atoms with Gasteiger partial charge in [-0.15, -0.1) is 5.10 Å². The van der Waals surface area contributed by atoms with Crippen LogP contribution in [0.1, 0.15) is 43.3 Å². The van der Waals surface area contributed by atoms with Crippen molar-refractivity contribution < 1.29 is 14.3 Å². The fraction of sp³-hybridized carbons (Fsp3) is 0.318. The Morgan fingerprint density at radius 1 is 1.21 bits per heavy atom. The average Bonchev–Trinajstić information content (AvgIpc) is 3.27. The number of carbonyl (C=O) groups excluding carboxylic acids is 2. The summed E-state index contributed by atoms with van der Waals surface area (Å²) in [4.78, 5) is 27.9. The van der Waals surface area contributed by atoms with Crippen molar-refractivity contribution in [2.75, 3.05) is 4.90 Å². The Kier molecular flexibility index (Phi) is 6.92. The molecule has 0 bridgehead atoms. The molecule has 0 spiro atoms. The van der Waals surface area contributed by atoms with Crippen LogP contribution in [-0.2, 0) is 20.9 Å². The predicted octanol–water partition coefficient (Wildman–Crippen LogP) is 3.44. The van der Waals surface area contributed by atoms with Crippen LogP contribution >= 0.6 is 23.2 Å². The number of ether oxygens (including phenoxy) is 1. The molecule has 0 fully saturated rings. The summed E-state index contributed by atoms with van der Waals surface area (Å²) in [6.45, 7) is 3.91. The Hall–Kier alpha value is -3.01. The van der Waals surface area contributed by atoms with Crippen LogP contribution in [0.25, 0.3) is 0 Å². The first kappa shape index (κ1) is 23.2. The molecule has 3 aromatic rings. The molecule has 33 heavy (non-hydrogen) atoms. The molecule has 2 amide bonds. The van der Waals surface area contributed by atoms with Crippen LogP contribution in [0.15, 0.2) is 42.5 Å². The third-order valence-electron chi connectivity index (χ3n) is 5.26. The second-order valence-electron chi connectivity index (χ2n) is 7.86. The maximum atomic E-state index is 13.6. The number of carbonyl (C=O) groups is 2. The van der Waals surface area contributed by atoms with E-state index in [0.29, 0.717) is 32.7 Å². The summed E-state index contributed by atoms with van der Waals surface area (Å²) in [6.07, 6.45) is -1.93. The molecule has 2 atom stereocenters. The lowest BCUT2D eigenvalue weighted by Crippen LogP contribution is -2.45. The molecular weight excluding hydrogens is 467 g/mol. The number of H-pyrrole nitrogens is 1. The number of benzene rings is 2. The van der Waals surface area contributed by atoms with E-state index in [1.54, 1.807) is 29.2 Å². The standard InChI is InChI=1S/C22H22Cl2N6O3/c1-12(2)30-17-8-7-13(23)9-15(17)21(14-5-3-4-6-16(14)24)33-18(22(30)32)10-20(31)25-11-19-26-28-29-27-19/h3-9,12,18,21H,10-11H2,1-2H3,(H,25,31)(H,26,27,28,29). The number of fused-ring (bicyclic) bond motifs is 1. The van der Waals surface area contributed by atoms with Gasteiger partial charge in [-0.2, -0.15) is 0 Å². The lowest BCUT2D eigenvalue weighted by Gasteiger charge is -2.28. The van der Waals surface area contributed by atoms with Crippen LogP contribution in [0, 0.1) is 0 Å². The Morgan fingerprint density at radius 3 is 2.70 bits per heavy atom. The maximum Gasteiger partial charge on any atom is 0.256 e. The molecule has 0 saturated heterocycles. The first-order valence-electron chi connectivity index (χ1n) is 10.4. The molecule has 2 heterocycles. The summed E-state index contributed by atoms with van der Waals surface area (Å²) in [6, 6.07) is 12.4. The number of hydrogen-bond acceptors (Lipinski definition) is 6. The van der Waals surface area contributed by atoms with Crippen molar-refractivity contribution in [2.24, 2.45) is 0 Å². The molecule has 0 aliphatic carbocycles. The van der Waals surface area contributed by atoms with Crippen molar-refractivity contribution >= 4 is 40.7 Å². The van der Waals surface area contributed by atoms with Crippen LogP contribution in [-0.4, -0.2) is 44.6 Å². The zero-order valence-corrected chi connectivity index (χ0v) is 19.5. The second-order valence-corrected chi connectivity index (χ2v) is 8.70. The lowest BCUT2D eigenvalue weighted by molar-refractivity contribution is -0.138. The van der Waals surface area contributed by atoms with Gasteiger partial charge in [0.1, 0.15) is 12.2 Å². The van der Waals surface area contributed by atoms with Crippen LogP contribution in [0.5, 0.6) is 0 Å². The van der Waals surface area contributed by atoms with Crippen LogP contribution in [0.3, 0.4) is 0 Å². The van der Waals surface area contributed by atoms with Gasteiger partial charge in [0.15, 0.2) is 5.82 Å². The number of aromatic amines is 1. The maximum absolute atomic E-state index is 13.6. The van der Waals surface area contributed by atoms with E-state index in [-0.39, 0.29) is 30.8 Å². The molecule has 9 nitrogen and oxygen atoms in total. The van der Waals surface area contributed by atoms with Gasteiger partial charge < -0.3 is 15.0 Å². The summed E-state index contributed by atoms with van der Waals surface area (Å²) < 4.78 is 6.32. The highest BCUT2D eigenvalue weighted by Crippen LogP contribution is 2.42. The highest BCUT2D eigenvalue weighted by atomic mass is 35.5. The van der Waals surface area contributed by atoms with Crippen LogP contribution in [0.2, 0.25) is 10.0 Å². The Labute approximate surface area is 200 Å². The van der Waals surface area contributed by atoms with E-state index in [1.807, 2.05) is 32.0 Å². The molecule has 1 aliphatic heterocycles. The Morgan fingerprint density at radius 2 is 2.00 bits per heavy atom. The van der Waals surface area contributed by atoms with Gasteiger partial charge in [0.2, 0.25) is 5.91 Å². The molecule has 2 N–H and O–H groups in total. The van der Waals surface area contributed by atoms with Gasteiger partial charge in [-0.25, -0.2) is 5.10 Å². The van der Waals surface area contributed by atoms with Crippen LogP contribution < -0.4 is 10.2 Å². The number of tetrazole rings is 1. The normalized spacial score (nSPS) is 18.2. The average molecular weight is 489 g/mol. The van der Waals surface area contributed by atoms with Gasteiger partial charge in [-0.05, 0) is 48.5 Å². The number of amides is 2. The lowest BCUT2D eigenvalue weighted by atomic mass is 9.99. The molecular formula is C22H22Cl2N6O3. The highest BCUT2D eigenvalue weighted by molar-refractivity contribution is 6.31. The molecule has 1 aromatic heterocycles. The minimum Gasteiger partial charge on any atom is -0.355 e. The van der Waals surface area contributed by atoms with Crippen molar-refractivity contribution in [2.45, 2.75) is 45.1 Å². The molecule has 11 heteroatoms. The highest BCUT2D eigenvalue weighted by Gasteiger charge is 2.39. The van der Waals surface area contributed by atoms with Crippen molar-refractivity contribution in [1.82, 2.24) is 25.9 Å². The van der Waals surface area contributed by atoms with Crippen molar-refractivity contribution in [3.05, 3.63) is 69.5 Å². The smallest absolute Gasteiger partial charge is 0.256 e. The molecule has 2 unspecified atom stereocenters. The van der Waals surface area contributed by atoms with E-state index in [1.165, 1.54) is 0 Å². The molecule has 172 valence electrons. The Balaban J connectivity index is 1.71. The molecule has 0 radical (unpaired) electrons. The number of halogens is 2. The molecule has 1 aliphatic rings. The molecule has 0 saturated carbocycles. The van der Waals surface area contributed by atoms with Crippen molar-refractivity contribution in [3.8, 4) is 0 Å². The Bertz CT molecular complexity index is 1150. The van der Waals surface area contributed by atoms with Gasteiger partial charge in [-0.3, -0.25) is 9.59 Å². The molecule has 2 aromatic carbocycles. The van der Waals surface area contributed by atoms with Gasteiger partial charge in [0.25, 0.3) is 5.91 Å². The fourth-order valence-corrected chi connectivity index (χ4v) is 4.21. The third-order valence-corrected chi connectivity index (χ3v) is 5.84. The third kappa shape index (κ3) is 5.00. The number of nitrogens with one attached hydrogen (secondary N) is 2. The van der Waals surface area contributed by atoms with Gasteiger partial charge in [0.05, 0.1) is 18.7 Å². The largest absolute Gasteiger partial charge is 0.355 e. The monoisotopic (exact) mass is 488 g/mol. The van der Waals surface area contributed by atoms with E-state index in [9.17, 15) is 9.59 Å². The summed E-state index contributed by atoms with van der Waals surface area (Å²) in [5, 5.41) is 16.9. The van der Waals surface area contributed by atoms with Crippen LogP contribution in [0.4, 0.5) is 5.69 Å². The SMILES string of the molecule is CC(C)N1C(=O)C(CC(=O)NCc2nnn[nH]2)OC(c2ccccc2Cl)c2cc(Cl)ccc21. The second kappa shape index (κ2) is 9.86. The minimum atomic E-state index is -1.05. The summed E-state index contributed by atoms with van der Waals surface area (Å²) in [7, 11) is 0. The predicted molar refractivity (Wildman–Crippen MR) is 123 cm³/mol. The first-order valence-corrected chi connectivity index (χ1v) is 11.1. The zero-order valence-electron chi connectivity index (χ0n) is 18.0. The van der Waals surface area contributed by atoms with Gasteiger partial charge in [-0.1, -0.05) is 41.4 Å². The number of hydrogen-bond donors (Lipinski definition) is 2.